The number of hydrogen-bond acceptors (Lipinski definition) is 1. The molecule has 0 aromatic rings. The van der Waals surface area contributed by atoms with Crippen LogP contribution in [-0.2, 0) is 4.79 Å². The standard InChI is InChI=1S/C20H36O/c1-2-5-17-8-10-18(11-9-17)6-3-4-7-19-12-14-20(16-21)15-13-19/h16-20H,2-15H2,1H3. The van der Waals surface area contributed by atoms with E-state index in [9.17, 15) is 4.79 Å². The second kappa shape index (κ2) is 9.64. The third kappa shape index (κ3) is 6.12. The van der Waals surface area contributed by atoms with Gasteiger partial charge in [0.15, 0.2) is 0 Å². The van der Waals surface area contributed by atoms with Gasteiger partial charge < -0.3 is 4.79 Å². The molecule has 0 unspecified atom stereocenters. The maximum Gasteiger partial charge on any atom is 0.123 e. The van der Waals surface area contributed by atoms with Crippen LogP contribution in [0.25, 0.3) is 0 Å². The van der Waals surface area contributed by atoms with E-state index in [4.69, 9.17) is 0 Å². The van der Waals surface area contributed by atoms with Crippen molar-refractivity contribution in [2.24, 2.45) is 23.7 Å². The van der Waals surface area contributed by atoms with Crippen molar-refractivity contribution in [3.05, 3.63) is 0 Å². The molecule has 0 radical (unpaired) electrons. The Kier molecular flexibility index (Phi) is 7.82. The Morgan fingerprint density at radius 2 is 1.14 bits per heavy atom. The van der Waals surface area contributed by atoms with Crippen LogP contribution in [-0.4, -0.2) is 6.29 Å². The van der Waals surface area contributed by atoms with Crippen LogP contribution in [0.1, 0.15) is 96.8 Å². The molecule has 1 nitrogen and oxygen atoms in total. The summed E-state index contributed by atoms with van der Waals surface area (Å²) in [5.74, 6) is 3.42. The first-order valence-electron chi connectivity index (χ1n) is 9.77. The summed E-state index contributed by atoms with van der Waals surface area (Å²) in [6, 6.07) is 0. The highest BCUT2D eigenvalue weighted by atomic mass is 16.1. The van der Waals surface area contributed by atoms with Crippen LogP contribution in [0.3, 0.4) is 0 Å². The zero-order valence-electron chi connectivity index (χ0n) is 14.2. The lowest BCUT2D eigenvalue weighted by Gasteiger charge is -2.29. The first-order chi connectivity index (χ1) is 10.3. The second-order valence-electron chi connectivity index (χ2n) is 7.88. The zero-order valence-corrected chi connectivity index (χ0v) is 14.2. The molecule has 0 bridgehead atoms. The van der Waals surface area contributed by atoms with Crippen molar-refractivity contribution in [1.29, 1.82) is 0 Å². The van der Waals surface area contributed by atoms with Crippen molar-refractivity contribution in [3.8, 4) is 0 Å². The molecule has 0 aliphatic heterocycles. The summed E-state index contributed by atoms with van der Waals surface area (Å²) in [4.78, 5) is 10.8. The molecule has 0 spiro atoms. The Hall–Kier alpha value is -0.330. The van der Waals surface area contributed by atoms with Crippen molar-refractivity contribution in [3.63, 3.8) is 0 Å². The van der Waals surface area contributed by atoms with Crippen LogP contribution in [0.2, 0.25) is 0 Å². The van der Waals surface area contributed by atoms with Gasteiger partial charge in [0.25, 0.3) is 0 Å². The predicted molar refractivity (Wildman–Crippen MR) is 90.3 cm³/mol. The first kappa shape index (κ1) is 17.0. The zero-order chi connectivity index (χ0) is 14.9. The van der Waals surface area contributed by atoms with Crippen molar-refractivity contribution in [2.45, 2.75) is 96.8 Å². The minimum atomic E-state index is 0.388. The molecule has 2 rings (SSSR count). The molecule has 0 heterocycles. The van der Waals surface area contributed by atoms with E-state index < -0.39 is 0 Å². The Morgan fingerprint density at radius 3 is 1.57 bits per heavy atom. The smallest absolute Gasteiger partial charge is 0.123 e. The number of carbonyl (C=O) groups is 1. The van der Waals surface area contributed by atoms with E-state index in [1.807, 2.05) is 0 Å². The Labute approximate surface area is 132 Å². The second-order valence-corrected chi connectivity index (χ2v) is 7.88. The lowest BCUT2D eigenvalue weighted by molar-refractivity contribution is -0.112. The molecule has 1 heteroatoms. The van der Waals surface area contributed by atoms with Gasteiger partial charge in [-0.2, -0.15) is 0 Å². The van der Waals surface area contributed by atoms with E-state index in [-0.39, 0.29) is 0 Å². The van der Waals surface area contributed by atoms with Crippen molar-refractivity contribution < 1.29 is 4.79 Å². The van der Waals surface area contributed by atoms with Crippen LogP contribution >= 0.6 is 0 Å². The van der Waals surface area contributed by atoms with E-state index in [2.05, 4.69) is 6.92 Å². The predicted octanol–water partition coefficient (Wildman–Crippen LogP) is 6.16. The summed E-state index contributed by atoms with van der Waals surface area (Å²) in [6.07, 6.45) is 20.8. The van der Waals surface area contributed by atoms with Crippen LogP contribution in [0.15, 0.2) is 0 Å². The molecule has 0 amide bonds. The third-order valence-electron chi connectivity index (χ3n) is 6.22. The van der Waals surface area contributed by atoms with Gasteiger partial charge in [-0.1, -0.05) is 71.1 Å². The molecule has 0 aromatic carbocycles. The van der Waals surface area contributed by atoms with Gasteiger partial charge >= 0.3 is 0 Å². The fraction of sp³-hybridized carbons (Fsp3) is 0.950. The lowest BCUT2D eigenvalue weighted by Crippen LogP contribution is -2.16. The molecule has 2 aliphatic rings. The van der Waals surface area contributed by atoms with Gasteiger partial charge in [-0.3, -0.25) is 0 Å². The van der Waals surface area contributed by atoms with Gasteiger partial charge in [0.1, 0.15) is 6.29 Å². The topological polar surface area (TPSA) is 17.1 Å². The average Bonchev–Trinajstić information content (AvgIpc) is 2.54. The first-order valence-corrected chi connectivity index (χ1v) is 9.77. The number of rotatable bonds is 8. The van der Waals surface area contributed by atoms with Gasteiger partial charge in [-0.15, -0.1) is 0 Å². The van der Waals surface area contributed by atoms with Gasteiger partial charge in [-0.25, -0.2) is 0 Å². The van der Waals surface area contributed by atoms with E-state index in [1.54, 1.807) is 0 Å². The number of hydrogen-bond donors (Lipinski definition) is 0. The fourth-order valence-electron chi connectivity index (χ4n) is 4.70. The highest BCUT2D eigenvalue weighted by molar-refractivity contribution is 5.53. The Bertz CT molecular complexity index is 270. The highest BCUT2D eigenvalue weighted by Crippen LogP contribution is 2.35. The summed E-state index contributed by atoms with van der Waals surface area (Å²) >= 11 is 0. The molecule has 2 saturated carbocycles. The van der Waals surface area contributed by atoms with Crippen molar-refractivity contribution in [1.82, 2.24) is 0 Å². The monoisotopic (exact) mass is 292 g/mol. The SMILES string of the molecule is CCCC1CCC(CCCCC2CCC(C=O)CC2)CC1. The van der Waals surface area contributed by atoms with Crippen LogP contribution in [0.5, 0.6) is 0 Å². The van der Waals surface area contributed by atoms with Crippen molar-refractivity contribution >= 4 is 6.29 Å². The van der Waals surface area contributed by atoms with Gasteiger partial charge in [0, 0.05) is 5.92 Å². The van der Waals surface area contributed by atoms with Crippen molar-refractivity contribution in [2.75, 3.05) is 0 Å². The molecular formula is C20H36O. The molecule has 0 atom stereocenters. The maximum absolute atomic E-state index is 10.8. The molecule has 0 N–H and O–H groups in total. The quantitative estimate of drug-likeness (QED) is 0.387. The molecular weight excluding hydrogens is 256 g/mol. The van der Waals surface area contributed by atoms with E-state index in [0.29, 0.717) is 5.92 Å². The Morgan fingerprint density at radius 1 is 0.714 bits per heavy atom. The summed E-state index contributed by atoms with van der Waals surface area (Å²) in [5, 5.41) is 0. The minimum Gasteiger partial charge on any atom is -0.303 e. The lowest BCUT2D eigenvalue weighted by atomic mass is 9.77. The van der Waals surface area contributed by atoms with Gasteiger partial charge in [0.2, 0.25) is 0 Å². The van der Waals surface area contributed by atoms with Gasteiger partial charge in [-0.05, 0) is 43.4 Å². The molecule has 21 heavy (non-hydrogen) atoms. The summed E-state index contributed by atoms with van der Waals surface area (Å²) in [7, 11) is 0. The molecule has 122 valence electrons. The largest absolute Gasteiger partial charge is 0.303 e. The van der Waals surface area contributed by atoms with E-state index >= 15 is 0 Å². The minimum absolute atomic E-state index is 0.388. The number of carbonyl (C=O) groups excluding carboxylic acids is 1. The van der Waals surface area contributed by atoms with E-state index in [1.165, 1.54) is 83.3 Å². The average molecular weight is 293 g/mol. The highest BCUT2D eigenvalue weighted by Gasteiger charge is 2.22. The number of unbranched alkanes of at least 4 members (excludes halogenated alkanes) is 1. The fourth-order valence-corrected chi connectivity index (χ4v) is 4.70. The maximum atomic E-state index is 10.8. The summed E-state index contributed by atoms with van der Waals surface area (Å²) in [6.45, 7) is 2.33. The normalized spacial score (nSPS) is 33.8. The molecule has 0 aromatic heterocycles. The summed E-state index contributed by atoms with van der Waals surface area (Å²) in [5.41, 5.74) is 0. The molecule has 2 aliphatic carbocycles. The third-order valence-corrected chi connectivity index (χ3v) is 6.22. The van der Waals surface area contributed by atoms with Crippen LogP contribution < -0.4 is 0 Å². The van der Waals surface area contributed by atoms with Crippen LogP contribution in [0.4, 0.5) is 0 Å². The Balaban J connectivity index is 1.48. The molecule has 2 fully saturated rings. The molecule has 0 saturated heterocycles. The summed E-state index contributed by atoms with van der Waals surface area (Å²) < 4.78 is 0. The van der Waals surface area contributed by atoms with E-state index in [0.717, 1.165) is 30.6 Å². The number of aldehydes is 1. The van der Waals surface area contributed by atoms with Gasteiger partial charge in [0.05, 0.1) is 0 Å². The van der Waals surface area contributed by atoms with Crippen LogP contribution in [0, 0.1) is 23.7 Å².